The maximum Gasteiger partial charge on any atom is 0.410 e. The number of aromatic nitrogens is 2. The molecule has 1 aromatic heterocycles. The highest BCUT2D eigenvalue weighted by atomic mass is 127. The number of hydrogen-bond acceptors (Lipinski definition) is 5. The first-order chi connectivity index (χ1) is 13.6. The minimum atomic E-state index is -0.450. The van der Waals surface area contributed by atoms with E-state index in [1.165, 1.54) is 5.56 Å². The molecule has 0 saturated carbocycles. The number of rotatable bonds is 5. The molecule has 0 radical (unpaired) electrons. The van der Waals surface area contributed by atoms with Crippen molar-refractivity contribution in [3.8, 4) is 0 Å². The SMILES string of the molecule is CN=C(NCCN1CCN(C(=O)OC(C)(C)C)CC1)NCc1c(C)nn(C)c1C.I. The second-order valence-electron chi connectivity index (χ2n) is 8.43. The van der Waals surface area contributed by atoms with Crippen molar-refractivity contribution in [2.75, 3.05) is 46.3 Å². The van der Waals surface area contributed by atoms with Gasteiger partial charge in [0, 0.05) is 71.2 Å². The quantitative estimate of drug-likeness (QED) is 0.340. The molecule has 9 nitrogen and oxygen atoms in total. The Morgan fingerprint density at radius 1 is 1.17 bits per heavy atom. The summed E-state index contributed by atoms with van der Waals surface area (Å²) in [4.78, 5) is 20.6. The van der Waals surface area contributed by atoms with Gasteiger partial charge in [-0.1, -0.05) is 0 Å². The fourth-order valence-electron chi connectivity index (χ4n) is 3.28. The first-order valence-corrected chi connectivity index (χ1v) is 10.2. The summed E-state index contributed by atoms with van der Waals surface area (Å²) in [6.45, 7) is 15.2. The maximum atomic E-state index is 12.1. The lowest BCUT2D eigenvalue weighted by Gasteiger charge is -2.35. The number of aryl methyl sites for hydroxylation is 2. The van der Waals surface area contributed by atoms with Gasteiger partial charge in [0.2, 0.25) is 0 Å². The van der Waals surface area contributed by atoms with Gasteiger partial charge in [-0.25, -0.2) is 4.79 Å². The van der Waals surface area contributed by atoms with Crippen LogP contribution in [-0.2, 0) is 18.3 Å². The Bertz CT molecular complexity index is 719. The van der Waals surface area contributed by atoms with Crippen molar-refractivity contribution in [3.63, 3.8) is 0 Å². The number of halogens is 1. The lowest BCUT2D eigenvalue weighted by atomic mass is 10.2. The van der Waals surface area contributed by atoms with E-state index >= 15 is 0 Å². The summed E-state index contributed by atoms with van der Waals surface area (Å²) < 4.78 is 7.35. The maximum absolute atomic E-state index is 12.1. The molecule has 0 aromatic carbocycles. The van der Waals surface area contributed by atoms with Gasteiger partial charge in [-0.15, -0.1) is 24.0 Å². The predicted molar refractivity (Wildman–Crippen MR) is 131 cm³/mol. The summed E-state index contributed by atoms with van der Waals surface area (Å²) in [7, 11) is 3.74. The number of nitrogens with one attached hydrogen (secondary N) is 2. The van der Waals surface area contributed by atoms with Crippen LogP contribution in [0.1, 0.15) is 37.7 Å². The molecule has 172 valence electrons. The number of nitrogens with zero attached hydrogens (tertiary/aromatic N) is 5. The Hall–Kier alpha value is -1.56. The standard InChI is InChI=1S/C20H37N7O2.HI/c1-15-17(16(2)25(7)24-15)14-23-18(21-6)22-8-9-26-10-12-27(13-11-26)19(28)29-20(3,4)5;/h8-14H2,1-7H3,(H2,21,22,23);1H. The highest BCUT2D eigenvalue weighted by Crippen LogP contribution is 2.12. The molecule has 0 bridgehead atoms. The minimum Gasteiger partial charge on any atom is -0.444 e. The zero-order valence-corrected chi connectivity index (χ0v) is 21.7. The van der Waals surface area contributed by atoms with Gasteiger partial charge in [0.15, 0.2) is 5.96 Å². The summed E-state index contributed by atoms with van der Waals surface area (Å²) in [5.74, 6) is 0.778. The number of carbonyl (C=O) groups excluding carboxylic acids is 1. The number of ether oxygens (including phenoxy) is 1. The molecule has 0 atom stereocenters. The fraction of sp³-hybridized carbons (Fsp3) is 0.750. The molecule has 0 unspecified atom stereocenters. The molecule has 1 amide bonds. The first kappa shape index (κ1) is 26.5. The highest BCUT2D eigenvalue weighted by molar-refractivity contribution is 14.0. The first-order valence-electron chi connectivity index (χ1n) is 10.2. The second kappa shape index (κ2) is 11.7. The molecule has 2 N–H and O–H groups in total. The molecule has 1 fully saturated rings. The number of amides is 1. The zero-order valence-electron chi connectivity index (χ0n) is 19.4. The van der Waals surface area contributed by atoms with Gasteiger partial charge in [0.05, 0.1) is 5.69 Å². The smallest absolute Gasteiger partial charge is 0.410 e. The number of hydrogen-bond donors (Lipinski definition) is 2. The normalized spacial score (nSPS) is 15.6. The van der Waals surface area contributed by atoms with Crippen molar-refractivity contribution >= 4 is 36.0 Å². The Kier molecular flexibility index (Phi) is 10.4. The van der Waals surface area contributed by atoms with Crippen molar-refractivity contribution in [1.82, 2.24) is 30.2 Å². The predicted octanol–water partition coefficient (Wildman–Crippen LogP) is 1.87. The summed E-state index contributed by atoms with van der Waals surface area (Å²) in [6, 6.07) is 0. The fourth-order valence-corrected chi connectivity index (χ4v) is 3.28. The van der Waals surface area contributed by atoms with E-state index in [2.05, 4.69) is 32.5 Å². The van der Waals surface area contributed by atoms with Crippen LogP contribution in [0.4, 0.5) is 4.79 Å². The van der Waals surface area contributed by atoms with Crippen molar-refractivity contribution in [2.24, 2.45) is 12.0 Å². The average Bonchev–Trinajstić information content (AvgIpc) is 2.89. The van der Waals surface area contributed by atoms with Gasteiger partial charge in [-0.2, -0.15) is 5.10 Å². The van der Waals surface area contributed by atoms with Gasteiger partial charge >= 0.3 is 6.09 Å². The van der Waals surface area contributed by atoms with Gasteiger partial charge in [0.1, 0.15) is 5.60 Å². The van der Waals surface area contributed by atoms with Crippen LogP contribution < -0.4 is 10.6 Å². The van der Waals surface area contributed by atoms with Crippen molar-refractivity contribution in [3.05, 3.63) is 17.0 Å². The van der Waals surface area contributed by atoms with Crippen LogP contribution >= 0.6 is 24.0 Å². The molecule has 2 heterocycles. The van der Waals surface area contributed by atoms with Gasteiger partial charge < -0.3 is 20.3 Å². The van der Waals surface area contributed by atoms with Crippen LogP contribution in [0.2, 0.25) is 0 Å². The molecule has 0 aliphatic carbocycles. The van der Waals surface area contributed by atoms with Crippen LogP contribution in [0.5, 0.6) is 0 Å². The van der Waals surface area contributed by atoms with Crippen molar-refractivity contribution in [2.45, 2.75) is 46.8 Å². The van der Waals surface area contributed by atoms with Gasteiger partial charge in [-0.05, 0) is 34.6 Å². The number of carbonyl (C=O) groups is 1. The molecule has 30 heavy (non-hydrogen) atoms. The summed E-state index contributed by atoms with van der Waals surface area (Å²) >= 11 is 0. The van der Waals surface area contributed by atoms with Crippen LogP contribution in [0.25, 0.3) is 0 Å². The van der Waals surface area contributed by atoms with Crippen LogP contribution in [0, 0.1) is 13.8 Å². The number of aliphatic imine (C=N–C) groups is 1. The molecular formula is C20H38IN7O2. The van der Waals surface area contributed by atoms with E-state index in [0.29, 0.717) is 19.6 Å². The molecule has 10 heteroatoms. The number of piperazine rings is 1. The van der Waals surface area contributed by atoms with E-state index in [9.17, 15) is 4.79 Å². The molecule has 1 aromatic rings. The molecule has 2 rings (SSSR count). The summed E-state index contributed by atoms with van der Waals surface area (Å²) in [6.07, 6.45) is -0.221. The molecular weight excluding hydrogens is 497 g/mol. The lowest BCUT2D eigenvalue weighted by Crippen LogP contribution is -2.51. The Balaban J connectivity index is 0.00000450. The largest absolute Gasteiger partial charge is 0.444 e. The monoisotopic (exact) mass is 535 g/mol. The lowest BCUT2D eigenvalue weighted by molar-refractivity contribution is 0.0147. The molecule has 1 aliphatic heterocycles. The van der Waals surface area contributed by atoms with E-state index in [-0.39, 0.29) is 30.1 Å². The van der Waals surface area contributed by atoms with Gasteiger partial charge in [0.25, 0.3) is 0 Å². The van der Waals surface area contributed by atoms with E-state index in [1.807, 2.05) is 39.4 Å². The Morgan fingerprint density at radius 2 is 1.80 bits per heavy atom. The van der Waals surface area contributed by atoms with E-state index < -0.39 is 5.60 Å². The molecule has 0 spiro atoms. The van der Waals surface area contributed by atoms with Crippen LogP contribution in [-0.4, -0.2) is 83.6 Å². The van der Waals surface area contributed by atoms with Crippen molar-refractivity contribution < 1.29 is 9.53 Å². The van der Waals surface area contributed by atoms with Crippen molar-refractivity contribution in [1.29, 1.82) is 0 Å². The third kappa shape index (κ3) is 7.93. The van der Waals surface area contributed by atoms with Gasteiger partial charge in [-0.3, -0.25) is 14.6 Å². The van der Waals surface area contributed by atoms with Crippen LogP contribution in [0.15, 0.2) is 4.99 Å². The number of guanidine groups is 1. The summed E-state index contributed by atoms with van der Waals surface area (Å²) in [5, 5.41) is 11.2. The Labute approximate surface area is 197 Å². The zero-order chi connectivity index (χ0) is 21.6. The van der Waals surface area contributed by atoms with Crippen LogP contribution in [0.3, 0.4) is 0 Å². The second-order valence-corrected chi connectivity index (χ2v) is 8.43. The highest BCUT2D eigenvalue weighted by Gasteiger charge is 2.25. The third-order valence-corrected chi connectivity index (χ3v) is 5.06. The van der Waals surface area contributed by atoms with E-state index in [1.54, 1.807) is 11.9 Å². The topological polar surface area (TPSA) is 87.0 Å². The minimum absolute atomic E-state index is 0. The third-order valence-electron chi connectivity index (χ3n) is 5.06. The summed E-state index contributed by atoms with van der Waals surface area (Å²) in [5.41, 5.74) is 2.95. The average molecular weight is 535 g/mol. The Morgan fingerprint density at radius 3 is 2.30 bits per heavy atom. The molecule has 1 saturated heterocycles. The molecule has 1 aliphatic rings. The van der Waals surface area contributed by atoms with E-state index in [0.717, 1.165) is 43.5 Å². The van der Waals surface area contributed by atoms with E-state index in [4.69, 9.17) is 4.74 Å².